The smallest absolute Gasteiger partial charge is 0.0527 e. The van der Waals surface area contributed by atoms with Gasteiger partial charge >= 0.3 is 0 Å². The zero-order valence-corrected chi connectivity index (χ0v) is 15.2. The summed E-state index contributed by atoms with van der Waals surface area (Å²) >= 11 is 0. The van der Waals surface area contributed by atoms with Crippen molar-refractivity contribution in [1.82, 2.24) is 0 Å². The van der Waals surface area contributed by atoms with E-state index in [1.165, 1.54) is 51.4 Å². The standard InChI is InChI=1S/C22H34O2/c1-21-10-7-19-20(18(21)6-5-14(21)8-11-23)16-12-15(16)17-4-2-3-9-22(17,19)13-24/h4,14-16,18-20,23-24H,2-3,5-13H2,1H3/t14-,15-,16+,18+,19+,20+,21-,22-/m1/s1. The molecule has 134 valence electrons. The monoisotopic (exact) mass is 330 g/mol. The topological polar surface area (TPSA) is 40.5 Å². The summed E-state index contributed by atoms with van der Waals surface area (Å²) in [7, 11) is 0. The number of hydrogen-bond donors (Lipinski definition) is 2. The maximum Gasteiger partial charge on any atom is 0.0527 e. The maximum atomic E-state index is 10.5. The van der Waals surface area contributed by atoms with Crippen molar-refractivity contribution >= 4 is 0 Å². The minimum atomic E-state index is 0.150. The first-order valence-electron chi connectivity index (χ1n) is 10.6. The number of aliphatic hydroxyl groups excluding tert-OH is 2. The molecule has 8 atom stereocenters. The van der Waals surface area contributed by atoms with Crippen LogP contribution in [0.2, 0.25) is 0 Å². The van der Waals surface area contributed by atoms with Gasteiger partial charge in [0, 0.05) is 12.0 Å². The van der Waals surface area contributed by atoms with Crippen LogP contribution in [-0.4, -0.2) is 23.4 Å². The Morgan fingerprint density at radius 1 is 1.12 bits per heavy atom. The van der Waals surface area contributed by atoms with E-state index in [1.54, 1.807) is 5.57 Å². The van der Waals surface area contributed by atoms with Gasteiger partial charge in [0.1, 0.15) is 0 Å². The summed E-state index contributed by atoms with van der Waals surface area (Å²) in [6.07, 6.45) is 14.1. The van der Waals surface area contributed by atoms with Crippen LogP contribution in [0.25, 0.3) is 0 Å². The fourth-order valence-electron chi connectivity index (χ4n) is 8.40. The molecule has 0 radical (unpaired) electrons. The SMILES string of the molecule is C[C@]12CC[C@H]3[C@@H]([C@H]4C[C@H]4C4=CCCC[C@@]43CO)[C@@H]1CC[C@@H]2CCO. The van der Waals surface area contributed by atoms with E-state index in [2.05, 4.69) is 13.0 Å². The number of allylic oxidation sites excluding steroid dienone is 1. The molecule has 2 nitrogen and oxygen atoms in total. The molecular formula is C22H34O2. The Balaban J connectivity index is 1.52. The van der Waals surface area contributed by atoms with E-state index in [4.69, 9.17) is 0 Å². The molecule has 0 aromatic carbocycles. The molecule has 2 heteroatoms. The van der Waals surface area contributed by atoms with Gasteiger partial charge in [-0.25, -0.2) is 0 Å². The molecular weight excluding hydrogens is 296 g/mol. The van der Waals surface area contributed by atoms with Gasteiger partial charge in [0.15, 0.2) is 0 Å². The zero-order valence-electron chi connectivity index (χ0n) is 15.2. The van der Waals surface area contributed by atoms with Crippen molar-refractivity contribution in [2.45, 2.75) is 64.7 Å². The third-order valence-corrected chi connectivity index (χ3v) is 9.50. The summed E-state index contributed by atoms with van der Waals surface area (Å²) in [6, 6.07) is 0. The normalized spacial score (nSPS) is 55.0. The molecule has 24 heavy (non-hydrogen) atoms. The van der Waals surface area contributed by atoms with E-state index in [0.717, 1.165) is 41.9 Å². The van der Waals surface area contributed by atoms with Crippen molar-refractivity contribution in [3.63, 3.8) is 0 Å². The summed E-state index contributed by atoms with van der Waals surface area (Å²) in [5, 5.41) is 20.0. The Kier molecular flexibility index (Phi) is 3.53. The molecule has 5 rings (SSSR count). The van der Waals surface area contributed by atoms with Gasteiger partial charge in [0.2, 0.25) is 0 Å². The van der Waals surface area contributed by atoms with Crippen LogP contribution in [0, 0.1) is 46.3 Å². The van der Waals surface area contributed by atoms with Crippen molar-refractivity contribution in [2.24, 2.45) is 46.3 Å². The Hall–Kier alpha value is -0.340. The Labute approximate surface area is 146 Å². The molecule has 0 unspecified atom stereocenters. The van der Waals surface area contributed by atoms with Gasteiger partial charge in [-0.05, 0) is 98.7 Å². The van der Waals surface area contributed by atoms with E-state index in [-0.39, 0.29) is 5.41 Å². The fourth-order valence-corrected chi connectivity index (χ4v) is 8.40. The maximum absolute atomic E-state index is 10.5. The van der Waals surface area contributed by atoms with Crippen LogP contribution < -0.4 is 0 Å². The third-order valence-electron chi connectivity index (χ3n) is 9.50. The van der Waals surface area contributed by atoms with Crippen LogP contribution in [0.15, 0.2) is 11.6 Å². The third kappa shape index (κ3) is 1.85. The molecule has 0 aromatic heterocycles. The molecule has 4 saturated carbocycles. The lowest BCUT2D eigenvalue weighted by Gasteiger charge is -2.58. The second-order valence-corrected chi connectivity index (χ2v) is 9.99. The lowest BCUT2D eigenvalue weighted by molar-refractivity contribution is -0.0818. The highest BCUT2D eigenvalue weighted by molar-refractivity contribution is 5.34. The van der Waals surface area contributed by atoms with Gasteiger partial charge in [-0.15, -0.1) is 0 Å². The Morgan fingerprint density at radius 3 is 2.79 bits per heavy atom. The summed E-state index contributed by atoms with van der Waals surface area (Å²) in [6.45, 7) is 3.31. The number of rotatable bonds is 3. The molecule has 5 aliphatic carbocycles. The fraction of sp³-hybridized carbons (Fsp3) is 0.909. The minimum absolute atomic E-state index is 0.150. The first-order valence-corrected chi connectivity index (χ1v) is 10.6. The van der Waals surface area contributed by atoms with E-state index in [9.17, 15) is 10.2 Å². The van der Waals surface area contributed by atoms with E-state index in [0.29, 0.717) is 18.6 Å². The lowest BCUT2D eigenvalue weighted by atomic mass is 9.46. The average molecular weight is 331 g/mol. The van der Waals surface area contributed by atoms with Crippen molar-refractivity contribution in [3.8, 4) is 0 Å². The lowest BCUT2D eigenvalue weighted by Crippen LogP contribution is -2.53. The van der Waals surface area contributed by atoms with Gasteiger partial charge < -0.3 is 10.2 Å². The van der Waals surface area contributed by atoms with Gasteiger partial charge in [0.05, 0.1) is 6.61 Å². The Bertz CT molecular complexity index is 554. The predicted molar refractivity (Wildman–Crippen MR) is 95.3 cm³/mol. The minimum Gasteiger partial charge on any atom is -0.396 e. The average Bonchev–Trinajstić information content (AvgIpc) is 3.33. The molecule has 0 bridgehead atoms. The molecule has 4 fully saturated rings. The number of fused-ring (bicyclic) bond motifs is 8. The van der Waals surface area contributed by atoms with Crippen LogP contribution in [0.4, 0.5) is 0 Å². The van der Waals surface area contributed by atoms with E-state index >= 15 is 0 Å². The molecule has 0 spiro atoms. The van der Waals surface area contributed by atoms with Crippen molar-refractivity contribution < 1.29 is 10.2 Å². The zero-order chi connectivity index (χ0) is 16.5. The van der Waals surface area contributed by atoms with Crippen molar-refractivity contribution in [1.29, 1.82) is 0 Å². The van der Waals surface area contributed by atoms with Crippen molar-refractivity contribution in [2.75, 3.05) is 13.2 Å². The summed E-state index contributed by atoms with van der Waals surface area (Å²) < 4.78 is 0. The molecule has 0 amide bonds. The molecule has 0 aromatic rings. The van der Waals surface area contributed by atoms with Crippen LogP contribution in [0.1, 0.15) is 64.7 Å². The van der Waals surface area contributed by atoms with Gasteiger partial charge in [-0.3, -0.25) is 0 Å². The molecule has 5 aliphatic rings. The molecule has 0 aliphatic heterocycles. The van der Waals surface area contributed by atoms with Crippen LogP contribution in [-0.2, 0) is 0 Å². The highest BCUT2D eigenvalue weighted by Gasteiger charge is 2.67. The quantitative estimate of drug-likeness (QED) is 0.763. The highest BCUT2D eigenvalue weighted by Crippen LogP contribution is 2.74. The van der Waals surface area contributed by atoms with E-state index in [1.807, 2.05) is 0 Å². The van der Waals surface area contributed by atoms with Crippen LogP contribution >= 0.6 is 0 Å². The van der Waals surface area contributed by atoms with Crippen molar-refractivity contribution in [3.05, 3.63) is 11.6 Å². The highest BCUT2D eigenvalue weighted by atomic mass is 16.3. The summed E-state index contributed by atoms with van der Waals surface area (Å²) in [5.41, 5.74) is 2.30. The largest absolute Gasteiger partial charge is 0.396 e. The first-order chi connectivity index (χ1) is 11.7. The Morgan fingerprint density at radius 2 is 2.00 bits per heavy atom. The molecule has 0 saturated heterocycles. The van der Waals surface area contributed by atoms with Crippen LogP contribution in [0.3, 0.4) is 0 Å². The van der Waals surface area contributed by atoms with Gasteiger partial charge in [-0.1, -0.05) is 18.6 Å². The summed E-state index contributed by atoms with van der Waals surface area (Å²) in [4.78, 5) is 0. The van der Waals surface area contributed by atoms with Crippen LogP contribution in [0.5, 0.6) is 0 Å². The van der Waals surface area contributed by atoms with Gasteiger partial charge in [-0.2, -0.15) is 0 Å². The second-order valence-electron chi connectivity index (χ2n) is 9.99. The summed E-state index contributed by atoms with van der Waals surface area (Å²) in [5.74, 6) is 4.94. The number of aliphatic hydroxyl groups is 2. The first kappa shape index (κ1) is 15.9. The molecule has 0 heterocycles. The second kappa shape index (κ2) is 5.33. The predicted octanol–water partition coefficient (Wildman–Crippen LogP) is 4.17. The molecule has 2 N–H and O–H groups in total. The van der Waals surface area contributed by atoms with E-state index < -0.39 is 0 Å². The number of hydrogen-bond acceptors (Lipinski definition) is 2. The van der Waals surface area contributed by atoms with Gasteiger partial charge in [0.25, 0.3) is 0 Å².